The Morgan fingerprint density at radius 1 is 1.08 bits per heavy atom. The first-order valence-corrected chi connectivity index (χ1v) is 8.65. The summed E-state index contributed by atoms with van der Waals surface area (Å²) in [7, 11) is 0. The quantitative estimate of drug-likeness (QED) is 0.519. The van der Waals surface area contributed by atoms with Crippen molar-refractivity contribution in [3.63, 3.8) is 0 Å². The maximum atomic E-state index is 13.0. The van der Waals surface area contributed by atoms with Crippen LogP contribution in [0.2, 0.25) is 0 Å². The second-order valence-corrected chi connectivity index (χ2v) is 6.71. The Balaban J connectivity index is 1.68. The third-order valence-corrected chi connectivity index (χ3v) is 5.01. The lowest BCUT2D eigenvalue weighted by Crippen LogP contribution is -2.27. The fraction of sp³-hybridized carbons (Fsp3) is 0.0526. The Morgan fingerprint density at radius 2 is 1.81 bits per heavy atom. The molecule has 4 rings (SSSR count). The van der Waals surface area contributed by atoms with Gasteiger partial charge in [-0.15, -0.1) is 16.4 Å². The minimum Gasteiger partial charge on any atom is -0.292 e. The summed E-state index contributed by atoms with van der Waals surface area (Å²) in [6, 6.07) is 16.6. The van der Waals surface area contributed by atoms with E-state index < -0.39 is 5.82 Å². The first-order valence-electron chi connectivity index (χ1n) is 7.83. The van der Waals surface area contributed by atoms with Crippen molar-refractivity contribution in [1.29, 1.82) is 0 Å². The molecule has 0 unspecified atom stereocenters. The highest BCUT2D eigenvalue weighted by atomic mass is 32.1. The van der Waals surface area contributed by atoms with E-state index in [1.165, 1.54) is 35.6 Å². The van der Waals surface area contributed by atoms with E-state index in [-0.39, 0.29) is 17.9 Å². The normalized spacial score (nSPS) is 11.0. The molecule has 2 aromatic carbocycles. The maximum absolute atomic E-state index is 13.0. The summed E-state index contributed by atoms with van der Waals surface area (Å²) in [5, 5.41) is 8.36. The zero-order chi connectivity index (χ0) is 18.1. The number of rotatable bonds is 4. The largest absolute Gasteiger partial charge is 0.292 e. The second-order valence-electron chi connectivity index (χ2n) is 5.68. The standard InChI is InChI=1S/C19H12FN3O2S/c20-14-8-6-12(7-9-14)16(24)11-23-19(25)15-10-17(26-18(15)21-22-23)13-4-2-1-3-5-13/h1-10H,11H2. The first kappa shape index (κ1) is 16.3. The van der Waals surface area contributed by atoms with Crippen LogP contribution in [0.25, 0.3) is 20.7 Å². The van der Waals surface area contributed by atoms with Crippen LogP contribution in [-0.4, -0.2) is 20.8 Å². The van der Waals surface area contributed by atoms with Crippen molar-refractivity contribution >= 4 is 27.3 Å². The van der Waals surface area contributed by atoms with E-state index in [1.807, 2.05) is 30.3 Å². The van der Waals surface area contributed by atoms with Gasteiger partial charge in [0.25, 0.3) is 5.56 Å². The summed E-state index contributed by atoms with van der Waals surface area (Å²) in [4.78, 5) is 26.4. The van der Waals surface area contributed by atoms with E-state index >= 15 is 0 Å². The van der Waals surface area contributed by atoms with E-state index in [1.54, 1.807) is 6.07 Å². The molecular formula is C19H12FN3O2S. The number of hydrogen-bond acceptors (Lipinski definition) is 5. The van der Waals surface area contributed by atoms with Crippen LogP contribution < -0.4 is 5.56 Å². The number of hydrogen-bond donors (Lipinski definition) is 0. The Kier molecular flexibility index (Phi) is 4.14. The molecule has 0 N–H and O–H groups in total. The Labute approximate surface area is 151 Å². The third-order valence-electron chi connectivity index (χ3n) is 3.94. The van der Waals surface area contributed by atoms with Crippen LogP contribution in [0.1, 0.15) is 10.4 Å². The molecule has 0 saturated heterocycles. The molecule has 0 amide bonds. The van der Waals surface area contributed by atoms with Gasteiger partial charge in [0.2, 0.25) is 0 Å². The average Bonchev–Trinajstić information content (AvgIpc) is 3.10. The second kappa shape index (κ2) is 6.61. The van der Waals surface area contributed by atoms with Crippen LogP contribution in [0.15, 0.2) is 65.5 Å². The minimum atomic E-state index is -0.424. The summed E-state index contributed by atoms with van der Waals surface area (Å²) in [6.45, 7) is -0.246. The van der Waals surface area contributed by atoms with Crippen LogP contribution in [0.3, 0.4) is 0 Å². The summed E-state index contributed by atoms with van der Waals surface area (Å²) in [6.07, 6.45) is 0. The van der Waals surface area contributed by atoms with Crippen molar-refractivity contribution in [2.75, 3.05) is 0 Å². The molecule has 7 heteroatoms. The Bertz CT molecular complexity index is 1150. The highest BCUT2D eigenvalue weighted by molar-refractivity contribution is 7.21. The molecule has 2 heterocycles. The number of fused-ring (bicyclic) bond motifs is 1. The monoisotopic (exact) mass is 365 g/mol. The lowest BCUT2D eigenvalue weighted by Gasteiger charge is -2.03. The third kappa shape index (κ3) is 3.04. The van der Waals surface area contributed by atoms with Crippen LogP contribution in [0.5, 0.6) is 0 Å². The topological polar surface area (TPSA) is 64.8 Å². The molecule has 0 aliphatic rings. The Morgan fingerprint density at radius 3 is 2.54 bits per heavy atom. The average molecular weight is 365 g/mol. The number of ketones is 1. The van der Waals surface area contributed by atoms with E-state index in [2.05, 4.69) is 10.3 Å². The maximum Gasteiger partial charge on any atom is 0.278 e. The molecule has 26 heavy (non-hydrogen) atoms. The molecule has 0 atom stereocenters. The van der Waals surface area contributed by atoms with Gasteiger partial charge in [0.05, 0.1) is 5.39 Å². The number of carbonyl (C=O) groups is 1. The molecule has 128 valence electrons. The summed E-state index contributed by atoms with van der Waals surface area (Å²) >= 11 is 1.38. The lowest BCUT2D eigenvalue weighted by atomic mass is 10.1. The molecule has 0 aliphatic carbocycles. The predicted octanol–water partition coefficient (Wildman–Crippen LogP) is 3.54. The fourth-order valence-corrected chi connectivity index (χ4v) is 3.57. The highest BCUT2D eigenvalue weighted by Crippen LogP contribution is 2.30. The van der Waals surface area contributed by atoms with Crippen molar-refractivity contribution in [3.8, 4) is 10.4 Å². The van der Waals surface area contributed by atoms with Gasteiger partial charge in [-0.3, -0.25) is 9.59 Å². The number of thiophene rings is 1. The SMILES string of the molecule is O=C(Cn1nnc2sc(-c3ccccc3)cc2c1=O)c1ccc(F)cc1. The van der Waals surface area contributed by atoms with E-state index in [9.17, 15) is 14.0 Å². The summed E-state index contributed by atoms with van der Waals surface area (Å²) in [5.74, 6) is -0.758. The molecule has 0 aliphatic heterocycles. The van der Waals surface area contributed by atoms with Crippen LogP contribution in [0, 0.1) is 5.82 Å². The molecular weight excluding hydrogens is 353 g/mol. The van der Waals surface area contributed by atoms with Crippen molar-refractivity contribution in [1.82, 2.24) is 15.0 Å². The summed E-state index contributed by atoms with van der Waals surface area (Å²) < 4.78 is 14.0. The van der Waals surface area contributed by atoms with Gasteiger partial charge < -0.3 is 0 Å². The van der Waals surface area contributed by atoms with Crippen molar-refractivity contribution in [2.24, 2.45) is 0 Å². The van der Waals surface area contributed by atoms with Crippen LogP contribution >= 0.6 is 11.3 Å². The molecule has 2 aromatic heterocycles. The van der Waals surface area contributed by atoms with E-state index in [0.717, 1.165) is 15.1 Å². The first-order chi connectivity index (χ1) is 12.6. The van der Waals surface area contributed by atoms with Crippen LogP contribution in [-0.2, 0) is 6.54 Å². The zero-order valence-corrected chi connectivity index (χ0v) is 14.2. The van der Waals surface area contributed by atoms with Crippen molar-refractivity contribution in [2.45, 2.75) is 6.54 Å². The molecule has 0 radical (unpaired) electrons. The fourth-order valence-electron chi connectivity index (χ4n) is 2.59. The van der Waals surface area contributed by atoms with Gasteiger partial charge in [-0.25, -0.2) is 9.07 Å². The van der Waals surface area contributed by atoms with Gasteiger partial charge >= 0.3 is 0 Å². The molecule has 4 aromatic rings. The molecule has 0 fully saturated rings. The number of nitrogens with zero attached hydrogens (tertiary/aromatic N) is 3. The van der Waals surface area contributed by atoms with Gasteiger partial charge in [-0.05, 0) is 35.9 Å². The van der Waals surface area contributed by atoms with Gasteiger partial charge in [0.1, 0.15) is 12.4 Å². The van der Waals surface area contributed by atoms with Gasteiger partial charge in [-0.1, -0.05) is 35.5 Å². The predicted molar refractivity (Wildman–Crippen MR) is 97.8 cm³/mol. The number of carbonyl (C=O) groups excluding carboxylic acids is 1. The van der Waals surface area contributed by atoms with E-state index in [4.69, 9.17) is 0 Å². The molecule has 5 nitrogen and oxygen atoms in total. The summed E-state index contributed by atoms with van der Waals surface area (Å²) in [5.41, 5.74) is 0.934. The zero-order valence-electron chi connectivity index (χ0n) is 13.4. The Hall–Kier alpha value is -3.19. The minimum absolute atomic E-state index is 0.246. The molecule has 0 bridgehead atoms. The van der Waals surface area contributed by atoms with Gasteiger partial charge in [0, 0.05) is 10.4 Å². The van der Waals surface area contributed by atoms with Crippen molar-refractivity contribution in [3.05, 3.63) is 82.4 Å². The van der Waals surface area contributed by atoms with Crippen molar-refractivity contribution < 1.29 is 9.18 Å². The van der Waals surface area contributed by atoms with Crippen LogP contribution in [0.4, 0.5) is 4.39 Å². The number of halogens is 1. The lowest BCUT2D eigenvalue weighted by molar-refractivity contribution is 0.0964. The van der Waals surface area contributed by atoms with Gasteiger partial charge in [-0.2, -0.15) is 0 Å². The highest BCUT2D eigenvalue weighted by Gasteiger charge is 2.14. The number of benzene rings is 2. The number of Topliss-reactive ketones (excluding diaryl/α,β-unsaturated/α-hetero) is 1. The number of aromatic nitrogens is 3. The van der Waals surface area contributed by atoms with Gasteiger partial charge in [0.15, 0.2) is 10.6 Å². The smallest absolute Gasteiger partial charge is 0.278 e. The molecule has 0 saturated carbocycles. The molecule has 0 spiro atoms. The van der Waals surface area contributed by atoms with E-state index in [0.29, 0.717) is 15.8 Å².